The SMILES string of the molecule is CC1(C)CCOC(=O)C2CC(C1)CC(C)(C)C2. The number of esters is 1. The average molecular weight is 238 g/mol. The molecule has 0 spiro atoms. The fourth-order valence-electron chi connectivity index (χ4n) is 3.87. The van der Waals surface area contributed by atoms with Crippen LogP contribution in [0.3, 0.4) is 0 Å². The highest BCUT2D eigenvalue weighted by molar-refractivity contribution is 5.72. The molecule has 0 N–H and O–H groups in total. The Labute approximate surface area is 105 Å². The second-order valence-corrected chi connectivity index (χ2v) is 7.66. The lowest BCUT2D eigenvalue weighted by Crippen LogP contribution is -2.34. The van der Waals surface area contributed by atoms with E-state index < -0.39 is 0 Å². The van der Waals surface area contributed by atoms with Crippen LogP contribution in [0.5, 0.6) is 0 Å². The molecule has 2 unspecified atom stereocenters. The molecule has 1 saturated carbocycles. The number of hydrogen-bond donors (Lipinski definition) is 0. The highest BCUT2D eigenvalue weighted by atomic mass is 16.5. The molecule has 1 heterocycles. The van der Waals surface area contributed by atoms with Crippen LogP contribution < -0.4 is 0 Å². The lowest BCUT2D eigenvalue weighted by atomic mass is 9.64. The van der Waals surface area contributed by atoms with Crippen LogP contribution >= 0.6 is 0 Å². The molecule has 1 aliphatic carbocycles. The lowest BCUT2D eigenvalue weighted by Gasteiger charge is -2.40. The van der Waals surface area contributed by atoms with Crippen LogP contribution in [0, 0.1) is 22.7 Å². The number of rotatable bonds is 0. The Morgan fingerprint density at radius 3 is 2.41 bits per heavy atom. The maximum absolute atomic E-state index is 12.0. The van der Waals surface area contributed by atoms with Gasteiger partial charge in [0.1, 0.15) is 0 Å². The highest BCUT2D eigenvalue weighted by Crippen LogP contribution is 2.47. The Morgan fingerprint density at radius 1 is 1.06 bits per heavy atom. The van der Waals surface area contributed by atoms with Gasteiger partial charge in [-0.1, -0.05) is 27.7 Å². The molecule has 0 radical (unpaired) electrons. The molecule has 0 amide bonds. The second-order valence-electron chi connectivity index (χ2n) is 7.66. The van der Waals surface area contributed by atoms with Crippen molar-refractivity contribution in [1.82, 2.24) is 0 Å². The van der Waals surface area contributed by atoms with Gasteiger partial charge in [0, 0.05) is 0 Å². The molecule has 0 aromatic rings. The van der Waals surface area contributed by atoms with E-state index in [2.05, 4.69) is 27.7 Å². The summed E-state index contributed by atoms with van der Waals surface area (Å²) in [6.45, 7) is 9.82. The number of hydrogen-bond acceptors (Lipinski definition) is 2. The molecule has 2 fully saturated rings. The van der Waals surface area contributed by atoms with Gasteiger partial charge in [0.05, 0.1) is 12.5 Å². The zero-order valence-corrected chi connectivity index (χ0v) is 11.7. The standard InChI is InChI=1S/C15H26O2/c1-14(2)5-6-17-13(16)12-7-11(8-14)9-15(3,4)10-12/h11-12H,5-10H2,1-4H3. The van der Waals surface area contributed by atoms with E-state index in [1.165, 1.54) is 12.8 Å². The van der Waals surface area contributed by atoms with E-state index in [1.807, 2.05) is 0 Å². The number of ether oxygens (including phenoxy) is 1. The quantitative estimate of drug-likeness (QED) is 0.600. The van der Waals surface area contributed by atoms with Crippen molar-refractivity contribution in [2.75, 3.05) is 6.61 Å². The molecule has 1 aliphatic heterocycles. The van der Waals surface area contributed by atoms with Crippen LogP contribution in [0.1, 0.15) is 59.8 Å². The summed E-state index contributed by atoms with van der Waals surface area (Å²) in [6, 6.07) is 0. The molecule has 0 aromatic carbocycles. The van der Waals surface area contributed by atoms with E-state index in [-0.39, 0.29) is 11.9 Å². The predicted octanol–water partition coefficient (Wildman–Crippen LogP) is 3.79. The van der Waals surface area contributed by atoms with E-state index >= 15 is 0 Å². The van der Waals surface area contributed by atoms with Gasteiger partial charge >= 0.3 is 5.97 Å². The third-order valence-corrected chi connectivity index (χ3v) is 4.46. The molecule has 1 saturated heterocycles. The van der Waals surface area contributed by atoms with Crippen LogP contribution in [0.4, 0.5) is 0 Å². The highest BCUT2D eigenvalue weighted by Gasteiger charge is 2.40. The summed E-state index contributed by atoms with van der Waals surface area (Å²) >= 11 is 0. The minimum Gasteiger partial charge on any atom is -0.465 e. The molecule has 2 bridgehead atoms. The second kappa shape index (κ2) is 4.29. The summed E-state index contributed by atoms with van der Waals surface area (Å²) < 4.78 is 5.44. The molecule has 98 valence electrons. The number of carbonyl (C=O) groups excluding carboxylic acids is 1. The molecule has 17 heavy (non-hydrogen) atoms. The minimum atomic E-state index is 0.0560. The molecule has 2 atom stereocenters. The van der Waals surface area contributed by atoms with Crippen LogP contribution in [0.15, 0.2) is 0 Å². The first-order valence-electron chi connectivity index (χ1n) is 6.94. The fourth-order valence-corrected chi connectivity index (χ4v) is 3.87. The number of cyclic esters (lactones) is 1. The maximum atomic E-state index is 12.0. The van der Waals surface area contributed by atoms with E-state index in [0.29, 0.717) is 23.4 Å². The summed E-state index contributed by atoms with van der Waals surface area (Å²) in [7, 11) is 0. The molecule has 2 rings (SSSR count). The van der Waals surface area contributed by atoms with Crippen molar-refractivity contribution >= 4 is 5.97 Å². The molecule has 0 aromatic heterocycles. The Kier molecular flexibility index (Phi) is 3.26. The van der Waals surface area contributed by atoms with Crippen LogP contribution in [-0.4, -0.2) is 12.6 Å². The van der Waals surface area contributed by atoms with Gasteiger partial charge in [0.2, 0.25) is 0 Å². The van der Waals surface area contributed by atoms with Crippen molar-refractivity contribution < 1.29 is 9.53 Å². The van der Waals surface area contributed by atoms with E-state index in [4.69, 9.17) is 4.74 Å². The number of fused-ring (bicyclic) bond motifs is 2. The number of carbonyl (C=O) groups is 1. The van der Waals surface area contributed by atoms with Crippen LogP contribution in [0.2, 0.25) is 0 Å². The predicted molar refractivity (Wildman–Crippen MR) is 68.6 cm³/mol. The largest absolute Gasteiger partial charge is 0.465 e. The van der Waals surface area contributed by atoms with Crippen molar-refractivity contribution in [2.24, 2.45) is 22.7 Å². The Balaban J connectivity index is 2.19. The molecular weight excluding hydrogens is 212 g/mol. The minimum absolute atomic E-state index is 0.0560. The van der Waals surface area contributed by atoms with Gasteiger partial charge in [-0.3, -0.25) is 4.79 Å². The first-order valence-corrected chi connectivity index (χ1v) is 6.94. The Morgan fingerprint density at radius 2 is 1.71 bits per heavy atom. The summed E-state index contributed by atoms with van der Waals surface area (Å²) in [5.41, 5.74) is 0.611. The van der Waals surface area contributed by atoms with Crippen molar-refractivity contribution in [1.29, 1.82) is 0 Å². The van der Waals surface area contributed by atoms with Gasteiger partial charge in [-0.05, 0) is 48.9 Å². The van der Waals surface area contributed by atoms with Crippen LogP contribution in [-0.2, 0) is 9.53 Å². The molecule has 2 nitrogen and oxygen atoms in total. The molecule has 2 aliphatic rings. The molecule has 2 heteroatoms. The molecular formula is C15H26O2. The monoisotopic (exact) mass is 238 g/mol. The van der Waals surface area contributed by atoms with Gasteiger partial charge in [0.15, 0.2) is 0 Å². The lowest BCUT2D eigenvalue weighted by molar-refractivity contribution is -0.151. The van der Waals surface area contributed by atoms with Gasteiger partial charge in [-0.25, -0.2) is 0 Å². The van der Waals surface area contributed by atoms with E-state index in [0.717, 1.165) is 19.3 Å². The van der Waals surface area contributed by atoms with Gasteiger partial charge < -0.3 is 4.74 Å². The summed E-state index contributed by atoms with van der Waals surface area (Å²) in [6.07, 6.45) is 5.56. The van der Waals surface area contributed by atoms with E-state index in [1.54, 1.807) is 0 Å². The summed E-state index contributed by atoms with van der Waals surface area (Å²) in [5, 5.41) is 0. The van der Waals surface area contributed by atoms with Crippen molar-refractivity contribution in [2.45, 2.75) is 59.8 Å². The van der Waals surface area contributed by atoms with Gasteiger partial charge in [-0.15, -0.1) is 0 Å². The average Bonchev–Trinajstić information content (AvgIpc) is 2.15. The van der Waals surface area contributed by atoms with Gasteiger partial charge in [-0.2, -0.15) is 0 Å². The third kappa shape index (κ3) is 3.23. The van der Waals surface area contributed by atoms with Crippen molar-refractivity contribution in [3.05, 3.63) is 0 Å². The van der Waals surface area contributed by atoms with Crippen LogP contribution in [0.25, 0.3) is 0 Å². The van der Waals surface area contributed by atoms with Gasteiger partial charge in [0.25, 0.3) is 0 Å². The fraction of sp³-hybridized carbons (Fsp3) is 0.933. The van der Waals surface area contributed by atoms with Crippen molar-refractivity contribution in [3.8, 4) is 0 Å². The Hall–Kier alpha value is -0.530. The topological polar surface area (TPSA) is 26.3 Å². The first kappa shape index (κ1) is 12.9. The normalized spacial score (nSPS) is 36.4. The first-order chi connectivity index (χ1) is 7.77. The van der Waals surface area contributed by atoms with Crippen molar-refractivity contribution in [3.63, 3.8) is 0 Å². The van der Waals surface area contributed by atoms with E-state index in [9.17, 15) is 4.79 Å². The smallest absolute Gasteiger partial charge is 0.308 e. The zero-order chi connectivity index (χ0) is 12.7. The summed E-state index contributed by atoms with van der Waals surface area (Å²) in [4.78, 5) is 12.0. The summed E-state index contributed by atoms with van der Waals surface area (Å²) in [5.74, 6) is 0.905. The third-order valence-electron chi connectivity index (χ3n) is 4.46. The maximum Gasteiger partial charge on any atom is 0.308 e. The zero-order valence-electron chi connectivity index (χ0n) is 11.7. The Bertz CT molecular complexity index is 304.